The number of carbonyl (C=O) groups excluding carboxylic acids is 1. The number of carbonyl (C=O) groups is 1. The van der Waals surface area contributed by atoms with Crippen LogP contribution in [0.5, 0.6) is 0 Å². The summed E-state index contributed by atoms with van der Waals surface area (Å²) in [6, 6.07) is 10.6. The molecule has 16 heavy (non-hydrogen) atoms. The fourth-order valence-electron chi connectivity index (χ4n) is 1.31. The summed E-state index contributed by atoms with van der Waals surface area (Å²) in [4.78, 5) is 16.1. The first-order valence-corrected chi connectivity index (χ1v) is 6.05. The monoisotopic (exact) mass is 343 g/mol. The van der Waals surface area contributed by atoms with Crippen molar-refractivity contribution in [3.63, 3.8) is 0 Å². The van der Waals surface area contributed by atoms with Gasteiger partial charge in [-0.3, -0.25) is 9.78 Å². The molecule has 1 aromatic heterocycles. The molecular formula is C12H7ClINO. The second-order valence-corrected chi connectivity index (χ2v) is 4.69. The van der Waals surface area contributed by atoms with Crippen LogP contribution in [0.15, 0.2) is 42.6 Å². The zero-order valence-corrected chi connectivity index (χ0v) is 11.1. The predicted molar refractivity (Wildman–Crippen MR) is 71.8 cm³/mol. The summed E-state index contributed by atoms with van der Waals surface area (Å²) in [6.45, 7) is 0. The summed E-state index contributed by atoms with van der Waals surface area (Å²) >= 11 is 8.18. The zero-order chi connectivity index (χ0) is 11.5. The highest BCUT2D eigenvalue weighted by atomic mass is 127. The summed E-state index contributed by atoms with van der Waals surface area (Å²) in [5.74, 6) is -0.149. The summed E-state index contributed by atoms with van der Waals surface area (Å²) in [5.41, 5.74) is 0.902. The molecule has 2 rings (SSSR count). The minimum Gasteiger partial charge on any atom is -0.287 e. The van der Waals surface area contributed by atoms with E-state index in [1.165, 1.54) is 0 Å². The molecule has 0 radical (unpaired) electrons. The first-order valence-electron chi connectivity index (χ1n) is 4.60. The molecule has 0 aliphatic heterocycles. The van der Waals surface area contributed by atoms with Gasteiger partial charge in [0.1, 0.15) is 5.69 Å². The number of aromatic nitrogens is 1. The van der Waals surface area contributed by atoms with Gasteiger partial charge < -0.3 is 0 Å². The fraction of sp³-hybridized carbons (Fsp3) is 0. The van der Waals surface area contributed by atoms with Crippen LogP contribution in [0.1, 0.15) is 16.1 Å². The van der Waals surface area contributed by atoms with Gasteiger partial charge in [-0.15, -0.1) is 0 Å². The van der Waals surface area contributed by atoms with Gasteiger partial charge in [-0.25, -0.2) is 0 Å². The minimum atomic E-state index is -0.149. The van der Waals surface area contributed by atoms with Gasteiger partial charge in [0, 0.05) is 15.3 Å². The van der Waals surface area contributed by atoms with Crippen LogP contribution in [0.2, 0.25) is 5.02 Å². The van der Waals surface area contributed by atoms with E-state index in [9.17, 15) is 4.79 Å². The lowest BCUT2D eigenvalue weighted by Crippen LogP contribution is -2.04. The minimum absolute atomic E-state index is 0.149. The van der Waals surface area contributed by atoms with E-state index in [2.05, 4.69) is 27.6 Å². The highest BCUT2D eigenvalue weighted by Crippen LogP contribution is 2.24. The van der Waals surface area contributed by atoms with Gasteiger partial charge in [-0.05, 0) is 46.9 Å². The first kappa shape index (κ1) is 11.5. The quantitative estimate of drug-likeness (QED) is 0.616. The third-order valence-corrected chi connectivity index (χ3v) is 3.72. The number of nitrogens with zero attached hydrogens (tertiary/aromatic N) is 1. The van der Waals surface area contributed by atoms with E-state index in [1.807, 2.05) is 12.1 Å². The van der Waals surface area contributed by atoms with Crippen LogP contribution in [0, 0.1) is 3.57 Å². The molecule has 0 saturated heterocycles. The molecule has 0 N–H and O–H groups in total. The molecule has 0 fully saturated rings. The van der Waals surface area contributed by atoms with Crippen LogP contribution in [0.3, 0.4) is 0 Å². The summed E-state index contributed by atoms with van der Waals surface area (Å²) in [5, 5.41) is 0.485. The molecule has 1 heterocycles. The Bertz CT molecular complexity index is 528. The Morgan fingerprint density at radius 3 is 2.69 bits per heavy atom. The normalized spacial score (nSPS) is 10.1. The molecule has 80 valence electrons. The molecule has 1 aromatic carbocycles. The van der Waals surface area contributed by atoms with E-state index in [4.69, 9.17) is 11.6 Å². The average Bonchev–Trinajstić information content (AvgIpc) is 2.33. The zero-order valence-electron chi connectivity index (χ0n) is 8.15. The van der Waals surface area contributed by atoms with E-state index in [-0.39, 0.29) is 5.78 Å². The molecule has 0 unspecified atom stereocenters. The van der Waals surface area contributed by atoms with E-state index in [0.29, 0.717) is 16.3 Å². The van der Waals surface area contributed by atoms with Gasteiger partial charge in [0.2, 0.25) is 5.78 Å². The average molecular weight is 344 g/mol. The Kier molecular flexibility index (Phi) is 3.56. The second kappa shape index (κ2) is 4.93. The highest BCUT2D eigenvalue weighted by molar-refractivity contribution is 14.1. The number of pyridine rings is 1. The first-order chi connectivity index (χ1) is 7.70. The number of halogens is 2. The van der Waals surface area contributed by atoms with E-state index in [0.717, 1.165) is 3.57 Å². The molecular weight excluding hydrogens is 336 g/mol. The largest absolute Gasteiger partial charge is 0.287 e. The Hall–Kier alpha value is -0.940. The van der Waals surface area contributed by atoms with Crippen molar-refractivity contribution in [3.8, 4) is 0 Å². The van der Waals surface area contributed by atoms with Crippen LogP contribution in [-0.2, 0) is 0 Å². The van der Waals surface area contributed by atoms with Gasteiger partial charge in [-0.1, -0.05) is 23.7 Å². The second-order valence-electron chi connectivity index (χ2n) is 3.15. The Labute approximate surface area is 112 Å². The van der Waals surface area contributed by atoms with Crippen molar-refractivity contribution in [2.24, 2.45) is 0 Å². The molecule has 0 saturated carbocycles. The maximum absolute atomic E-state index is 12.1. The third-order valence-electron chi connectivity index (χ3n) is 2.09. The van der Waals surface area contributed by atoms with Crippen molar-refractivity contribution < 1.29 is 4.79 Å². The molecule has 4 heteroatoms. The Balaban J connectivity index is 2.46. The van der Waals surface area contributed by atoms with E-state index < -0.39 is 0 Å². The van der Waals surface area contributed by atoms with E-state index >= 15 is 0 Å². The van der Waals surface area contributed by atoms with Crippen LogP contribution >= 0.6 is 34.2 Å². The van der Waals surface area contributed by atoms with Crippen LogP contribution < -0.4 is 0 Å². The summed E-state index contributed by atoms with van der Waals surface area (Å²) < 4.78 is 0.862. The topological polar surface area (TPSA) is 30.0 Å². The van der Waals surface area contributed by atoms with E-state index in [1.54, 1.807) is 30.5 Å². The number of hydrogen-bond acceptors (Lipinski definition) is 2. The highest BCUT2D eigenvalue weighted by Gasteiger charge is 2.14. The Morgan fingerprint density at radius 1 is 1.19 bits per heavy atom. The van der Waals surface area contributed by atoms with Crippen molar-refractivity contribution in [1.29, 1.82) is 0 Å². The lowest BCUT2D eigenvalue weighted by molar-refractivity contribution is 0.103. The number of benzene rings is 1. The van der Waals surface area contributed by atoms with Gasteiger partial charge >= 0.3 is 0 Å². The number of hydrogen-bond donors (Lipinski definition) is 0. The van der Waals surface area contributed by atoms with Crippen molar-refractivity contribution in [2.45, 2.75) is 0 Å². The fourth-order valence-corrected chi connectivity index (χ4v) is 2.02. The summed E-state index contributed by atoms with van der Waals surface area (Å²) in [7, 11) is 0. The molecule has 2 nitrogen and oxygen atoms in total. The standard InChI is InChI=1S/C12H7ClINO/c13-11-8(4-3-5-9(11)14)12(16)10-6-1-2-7-15-10/h1-7H. The Morgan fingerprint density at radius 2 is 2.00 bits per heavy atom. The van der Waals surface area contributed by atoms with Gasteiger partial charge in [-0.2, -0.15) is 0 Å². The summed E-state index contributed by atoms with van der Waals surface area (Å²) in [6.07, 6.45) is 1.59. The van der Waals surface area contributed by atoms with Crippen molar-refractivity contribution in [2.75, 3.05) is 0 Å². The molecule has 2 aromatic rings. The van der Waals surface area contributed by atoms with Crippen molar-refractivity contribution >= 4 is 40.0 Å². The lowest BCUT2D eigenvalue weighted by atomic mass is 10.1. The van der Waals surface area contributed by atoms with Crippen LogP contribution in [0.25, 0.3) is 0 Å². The lowest BCUT2D eigenvalue weighted by Gasteiger charge is -2.04. The smallest absolute Gasteiger partial charge is 0.212 e. The molecule has 0 atom stereocenters. The van der Waals surface area contributed by atoms with Crippen molar-refractivity contribution in [1.82, 2.24) is 4.98 Å². The van der Waals surface area contributed by atoms with Crippen LogP contribution in [-0.4, -0.2) is 10.8 Å². The molecule has 0 spiro atoms. The SMILES string of the molecule is O=C(c1ccccn1)c1cccc(I)c1Cl. The maximum atomic E-state index is 12.1. The molecule has 0 aliphatic rings. The number of ketones is 1. The van der Waals surface area contributed by atoms with Crippen molar-refractivity contribution in [3.05, 3.63) is 62.4 Å². The number of rotatable bonds is 2. The molecule has 0 bridgehead atoms. The third kappa shape index (κ3) is 2.25. The molecule has 0 amide bonds. The molecule has 0 aliphatic carbocycles. The van der Waals surface area contributed by atoms with Gasteiger partial charge in [0.15, 0.2) is 0 Å². The predicted octanol–water partition coefficient (Wildman–Crippen LogP) is 3.57. The van der Waals surface area contributed by atoms with Gasteiger partial charge in [0.25, 0.3) is 0 Å². The maximum Gasteiger partial charge on any atom is 0.212 e. The van der Waals surface area contributed by atoms with Gasteiger partial charge in [0.05, 0.1) is 5.02 Å². The van der Waals surface area contributed by atoms with Crippen LogP contribution in [0.4, 0.5) is 0 Å².